The SMILES string of the molecule is CCCCCCCCC[O][Sn]([CH2]CCCCCCC)([CH2]CCCCCCC)[O]CCCCCCCCC. The normalized spacial score (nSPS) is 12.0. The monoisotopic (exact) mass is 632 g/mol. The third-order valence-corrected chi connectivity index (χ3v) is 18.6. The maximum atomic E-state index is 6.96. The van der Waals surface area contributed by atoms with Gasteiger partial charge in [-0.25, -0.2) is 0 Å². The predicted molar refractivity (Wildman–Crippen MR) is 170 cm³/mol. The van der Waals surface area contributed by atoms with Crippen molar-refractivity contribution in [3.8, 4) is 0 Å². The van der Waals surface area contributed by atoms with E-state index in [-0.39, 0.29) is 0 Å². The van der Waals surface area contributed by atoms with Crippen molar-refractivity contribution in [3.63, 3.8) is 0 Å². The van der Waals surface area contributed by atoms with E-state index in [4.69, 9.17) is 6.15 Å². The molecule has 0 aliphatic carbocycles. The van der Waals surface area contributed by atoms with E-state index < -0.39 is 19.2 Å². The van der Waals surface area contributed by atoms with Crippen LogP contribution in [0.3, 0.4) is 0 Å². The van der Waals surface area contributed by atoms with Crippen molar-refractivity contribution in [2.24, 2.45) is 0 Å². The van der Waals surface area contributed by atoms with Crippen LogP contribution < -0.4 is 0 Å². The van der Waals surface area contributed by atoms with Gasteiger partial charge < -0.3 is 0 Å². The minimum absolute atomic E-state index is 0.979. The van der Waals surface area contributed by atoms with Gasteiger partial charge in [0.2, 0.25) is 0 Å². The molecule has 0 saturated carbocycles. The van der Waals surface area contributed by atoms with Crippen LogP contribution in [0.2, 0.25) is 8.87 Å². The van der Waals surface area contributed by atoms with Gasteiger partial charge in [-0.2, -0.15) is 0 Å². The Kier molecular flexibility index (Phi) is 31.9. The van der Waals surface area contributed by atoms with Crippen LogP contribution in [0.5, 0.6) is 0 Å². The molecule has 0 N–H and O–H groups in total. The van der Waals surface area contributed by atoms with Gasteiger partial charge in [-0.05, 0) is 0 Å². The van der Waals surface area contributed by atoms with Crippen LogP contribution in [-0.4, -0.2) is 32.4 Å². The van der Waals surface area contributed by atoms with Crippen LogP contribution >= 0.6 is 0 Å². The van der Waals surface area contributed by atoms with Gasteiger partial charge in [0.25, 0.3) is 0 Å². The van der Waals surface area contributed by atoms with E-state index in [0.717, 1.165) is 13.2 Å². The van der Waals surface area contributed by atoms with Crippen molar-refractivity contribution < 1.29 is 6.15 Å². The molecule has 0 rings (SSSR count). The van der Waals surface area contributed by atoms with Crippen LogP contribution in [0.1, 0.15) is 195 Å². The topological polar surface area (TPSA) is 18.5 Å². The van der Waals surface area contributed by atoms with E-state index in [1.165, 1.54) is 176 Å². The van der Waals surface area contributed by atoms with Gasteiger partial charge in [-0.3, -0.25) is 0 Å². The second-order valence-corrected chi connectivity index (χ2v) is 21.6. The molecule has 0 aliphatic rings. The van der Waals surface area contributed by atoms with Crippen LogP contribution in [0.15, 0.2) is 0 Å². The van der Waals surface area contributed by atoms with E-state index in [0.29, 0.717) is 0 Å². The zero-order valence-corrected chi connectivity index (χ0v) is 29.4. The molecular formula is C34H72O2Sn. The first kappa shape index (κ1) is 37.7. The molecule has 0 unspecified atom stereocenters. The predicted octanol–water partition coefficient (Wildman–Crippen LogP) is 12.7. The molecule has 0 heterocycles. The fourth-order valence-electron chi connectivity index (χ4n) is 5.44. The number of unbranched alkanes of at least 4 members (excludes halogenated alkanes) is 22. The summed E-state index contributed by atoms with van der Waals surface area (Å²) >= 11 is -3.00. The number of hydrogen-bond acceptors (Lipinski definition) is 2. The first-order valence-electron chi connectivity index (χ1n) is 17.5. The van der Waals surface area contributed by atoms with E-state index in [2.05, 4.69) is 27.7 Å². The van der Waals surface area contributed by atoms with Crippen LogP contribution in [-0.2, 0) is 6.15 Å². The third-order valence-electron chi connectivity index (χ3n) is 8.05. The van der Waals surface area contributed by atoms with Gasteiger partial charge in [0.05, 0.1) is 0 Å². The van der Waals surface area contributed by atoms with Crippen LogP contribution in [0.25, 0.3) is 0 Å². The summed E-state index contributed by atoms with van der Waals surface area (Å²) in [6, 6.07) is 0. The zero-order valence-electron chi connectivity index (χ0n) is 26.5. The van der Waals surface area contributed by atoms with Gasteiger partial charge in [0.1, 0.15) is 0 Å². The average Bonchev–Trinajstić information content (AvgIpc) is 2.91. The Labute approximate surface area is 241 Å². The van der Waals surface area contributed by atoms with Gasteiger partial charge in [-0.1, -0.05) is 0 Å². The van der Waals surface area contributed by atoms with Gasteiger partial charge in [0, 0.05) is 0 Å². The molecule has 2 nitrogen and oxygen atoms in total. The van der Waals surface area contributed by atoms with Crippen molar-refractivity contribution in [2.45, 2.75) is 204 Å². The Morgan fingerprint density at radius 1 is 0.297 bits per heavy atom. The molecule has 224 valence electrons. The van der Waals surface area contributed by atoms with E-state index in [1.54, 1.807) is 0 Å². The summed E-state index contributed by atoms with van der Waals surface area (Å²) in [5.41, 5.74) is 0. The van der Waals surface area contributed by atoms with Gasteiger partial charge in [0.15, 0.2) is 0 Å². The molecule has 0 radical (unpaired) electrons. The quantitative estimate of drug-likeness (QED) is 0.0543. The molecule has 0 bridgehead atoms. The van der Waals surface area contributed by atoms with E-state index >= 15 is 0 Å². The Morgan fingerprint density at radius 3 is 0.838 bits per heavy atom. The summed E-state index contributed by atoms with van der Waals surface area (Å²) in [6.45, 7) is 11.2. The Hall–Kier alpha value is 0.719. The van der Waals surface area contributed by atoms with Gasteiger partial charge >= 0.3 is 242 Å². The molecule has 0 aromatic carbocycles. The molecule has 0 atom stereocenters. The average molecular weight is 632 g/mol. The van der Waals surface area contributed by atoms with Crippen molar-refractivity contribution in [1.29, 1.82) is 0 Å². The Morgan fingerprint density at radius 2 is 0.541 bits per heavy atom. The maximum absolute atomic E-state index is 6.96. The summed E-state index contributed by atoms with van der Waals surface area (Å²) < 4.78 is 16.5. The van der Waals surface area contributed by atoms with Crippen molar-refractivity contribution in [3.05, 3.63) is 0 Å². The van der Waals surface area contributed by atoms with Crippen molar-refractivity contribution in [1.82, 2.24) is 0 Å². The second-order valence-electron chi connectivity index (χ2n) is 11.9. The molecular weight excluding hydrogens is 559 g/mol. The summed E-state index contributed by atoms with van der Waals surface area (Å²) in [5, 5.41) is 0. The summed E-state index contributed by atoms with van der Waals surface area (Å²) in [7, 11) is 0. The molecule has 0 saturated heterocycles. The third kappa shape index (κ3) is 26.7. The first-order chi connectivity index (χ1) is 18.2. The van der Waals surface area contributed by atoms with Crippen LogP contribution in [0.4, 0.5) is 0 Å². The molecule has 0 aromatic rings. The second kappa shape index (κ2) is 31.2. The fourth-order valence-corrected chi connectivity index (χ4v) is 15.5. The van der Waals surface area contributed by atoms with E-state index in [1.807, 2.05) is 0 Å². The zero-order chi connectivity index (χ0) is 27.1. The van der Waals surface area contributed by atoms with Crippen molar-refractivity contribution in [2.75, 3.05) is 13.2 Å². The Balaban J connectivity index is 4.75. The number of rotatable bonds is 32. The molecule has 0 fully saturated rings. The molecule has 0 spiro atoms. The van der Waals surface area contributed by atoms with E-state index in [9.17, 15) is 0 Å². The molecule has 0 aliphatic heterocycles. The summed E-state index contributed by atoms with van der Waals surface area (Å²) in [5.74, 6) is 0. The standard InChI is InChI=1S/2C9H19O.2C8H17.Sn/c2*1-2-3-4-5-6-7-8-9-10;2*1-3-5-7-8-6-4-2;/h2*2-9H2,1H3;2*1,3-8H2,2H3;/q2*-1;;;+2. The fraction of sp³-hybridized carbons (Fsp3) is 1.00. The first-order valence-corrected chi connectivity index (χ1v) is 23.9. The van der Waals surface area contributed by atoms with Crippen LogP contribution in [0, 0.1) is 0 Å². The minimum atomic E-state index is -3.00. The molecule has 0 aromatic heterocycles. The molecule has 0 amide bonds. The number of hydrogen-bond donors (Lipinski definition) is 0. The summed E-state index contributed by atoms with van der Waals surface area (Å²) in [6.07, 6.45) is 35.7. The summed E-state index contributed by atoms with van der Waals surface area (Å²) in [4.78, 5) is 0. The Bertz CT molecular complexity index is 377. The molecule has 3 heteroatoms. The van der Waals surface area contributed by atoms with Crippen molar-refractivity contribution >= 4 is 19.2 Å². The van der Waals surface area contributed by atoms with Gasteiger partial charge in [-0.15, -0.1) is 0 Å². The molecule has 37 heavy (non-hydrogen) atoms.